The van der Waals surface area contributed by atoms with Crippen LogP contribution in [-0.4, -0.2) is 36.1 Å². The summed E-state index contributed by atoms with van der Waals surface area (Å²) in [5.74, 6) is 0. The van der Waals surface area contributed by atoms with Crippen molar-refractivity contribution in [2.24, 2.45) is 5.41 Å². The van der Waals surface area contributed by atoms with Gasteiger partial charge in [-0.1, -0.05) is 34.1 Å². The largest absolute Gasteiger partial charge is 0.311 e. The van der Waals surface area contributed by atoms with Crippen LogP contribution in [-0.2, 0) is 0 Å². The molecule has 1 aliphatic rings. The molecule has 0 aromatic rings. The second kappa shape index (κ2) is 5.50. The number of nitrogens with one attached hydrogen (secondary N) is 1. The van der Waals surface area contributed by atoms with Crippen molar-refractivity contribution in [2.45, 2.75) is 72.5 Å². The van der Waals surface area contributed by atoms with Gasteiger partial charge in [0.1, 0.15) is 0 Å². The van der Waals surface area contributed by atoms with Crippen LogP contribution in [0, 0.1) is 5.41 Å². The Hall–Kier alpha value is -0.0800. The first-order valence-corrected chi connectivity index (χ1v) is 6.85. The predicted molar refractivity (Wildman–Crippen MR) is 71.8 cm³/mol. The minimum absolute atomic E-state index is 0.377. The lowest BCUT2D eigenvalue weighted by molar-refractivity contribution is 0.0413. The molecule has 0 radical (unpaired) electrons. The average Bonchev–Trinajstić information content (AvgIpc) is 2.19. The number of hydrogen-bond acceptors (Lipinski definition) is 2. The van der Waals surface area contributed by atoms with E-state index in [9.17, 15) is 0 Å². The van der Waals surface area contributed by atoms with Crippen molar-refractivity contribution in [3.63, 3.8) is 0 Å². The van der Waals surface area contributed by atoms with Gasteiger partial charge >= 0.3 is 0 Å². The summed E-state index contributed by atoms with van der Waals surface area (Å²) in [6.07, 6.45) is 2.59. The van der Waals surface area contributed by atoms with Crippen molar-refractivity contribution in [2.75, 3.05) is 13.1 Å². The van der Waals surface area contributed by atoms with Gasteiger partial charge in [-0.05, 0) is 25.7 Å². The van der Waals surface area contributed by atoms with Crippen molar-refractivity contribution in [3.05, 3.63) is 0 Å². The van der Waals surface area contributed by atoms with Crippen LogP contribution < -0.4 is 5.32 Å². The maximum Gasteiger partial charge on any atom is 0.0196 e. The smallest absolute Gasteiger partial charge is 0.0196 e. The van der Waals surface area contributed by atoms with Gasteiger partial charge in [0, 0.05) is 31.2 Å². The molecule has 3 unspecified atom stereocenters. The van der Waals surface area contributed by atoms with Gasteiger partial charge in [0.2, 0.25) is 0 Å². The molecule has 1 saturated heterocycles. The molecular weight excluding hydrogens is 196 g/mol. The van der Waals surface area contributed by atoms with Crippen LogP contribution in [0.25, 0.3) is 0 Å². The van der Waals surface area contributed by atoms with Gasteiger partial charge in [-0.3, -0.25) is 4.90 Å². The van der Waals surface area contributed by atoms with Crippen LogP contribution in [0.1, 0.15) is 54.4 Å². The van der Waals surface area contributed by atoms with Crippen molar-refractivity contribution >= 4 is 0 Å². The summed E-state index contributed by atoms with van der Waals surface area (Å²) >= 11 is 0. The van der Waals surface area contributed by atoms with E-state index in [0.717, 1.165) is 6.54 Å². The molecule has 16 heavy (non-hydrogen) atoms. The minimum atomic E-state index is 0.377. The van der Waals surface area contributed by atoms with Crippen molar-refractivity contribution in [1.29, 1.82) is 0 Å². The molecule has 0 bridgehead atoms. The summed E-state index contributed by atoms with van der Waals surface area (Å²) in [6, 6.07) is 2.03. The minimum Gasteiger partial charge on any atom is -0.311 e. The zero-order valence-corrected chi connectivity index (χ0v) is 12.0. The molecule has 1 heterocycles. The zero-order chi connectivity index (χ0) is 12.3. The maximum absolute atomic E-state index is 3.66. The molecule has 1 aliphatic heterocycles. The first-order chi connectivity index (χ1) is 7.36. The van der Waals surface area contributed by atoms with Crippen LogP contribution in [0.3, 0.4) is 0 Å². The van der Waals surface area contributed by atoms with E-state index in [4.69, 9.17) is 0 Å². The highest BCUT2D eigenvalue weighted by atomic mass is 15.3. The normalized spacial score (nSPS) is 30.4. The summed E-state index contributed by atoms with van der Waals surface area (Å²) in [5.41, 5.74) is 0.377. The Morgan fingerprint density at radius 2 is 2.00 bits per heavy atom. The first-order valence-electron chi connectivity index (χ1n) is 6.85. The van der Waals surface area contributed by atoms with E-state index in [1.54, 1.807) is 0 Å². The lowest BCUT2D eigenvalue weighted by Crippen LogP contribution is -2.60. The molecule has 0 aromatic carbocycles. The van der Waals surface area contributed by atoms with E-state index in [1.807, 2.05) is 0 Å². The summed E-state index contributed by atoms with van der Waals surface area (Å²) in [6.45, 7) is 16.4. The highest BCUT2D eigenvalue weighted by Crippen LogP contribution is 2.27. The highest BCUT2D eigenvalue weighted by molar-refractivity contribution is 4.90. The van der Waals surface area contributed by atoms with Gasteiger partial charge < -0.3 is 5.32 Å². The second-order valence-corrected chi connectivity index (χ2v) is 6.48. The van der Waals surface area contributed by atoms with Gasteiger partial charge in [-0.15, -0.1) is 0 Å². The van der Waals surface area contributed by atoms with E-state index in [2.05, 4.69) is 51.8 Å². The van der Waals surface area contributed by atoms with Crippen LogP contribution in [0.2, 0.25) is 0 Å². The lowest BCUT2D eigenvalue weighted by Gasteiger charge is -2.46. The molecule has 2 nitrogen and oxygen atoms in total. The molecule has 0 aromatic heterocycles. The average molecular weight is 226 g/mol. The van der Waals surface area contributed by atoms with Crippen molar-refractivity contribution < 1.29 is 0 Å². The molecule has 96 valence electrons. The second-order valence-electron chi connectivity index (χ2n) is 6.48. The van der Waals surface area contributed by atoms with E-state index < -0.39 is 0 Å². The number of piperazine rings is 1. The molecule has 1 fully saturated rings. The quantitative estimate of drug-likeness (QED) is 0.796. The fraction of sp³-hybridized carbons (Fsp3) is 1.00. The third-order valence-electron chi connectivity index (χ3n) is 4.09. The summed E-state index contributed by atoms with van der Waals surface area (Å²) in [4.78, 5) is 2.69. The molecule has 1 N–H and O–H groups in total. The van der Waals surface area contributed by atoms with Crippen molar-refractivity contribution in [1.82, 2.24) is 10.2 Å². The van der Waals surface area contributed by atoms with Gasteiger partial charge in [0.15, 0.2) is 0 Å². The van der Waals surface area contributed by atoms with E-state index in [0.29, 0.717) is 23.5 Å². The van der Waals surface area contributed by atoms with E-state index in [-0.39, 0.29) is 0 Å². The Balaban J connectivity index is 2.62. The monoisotopic (exact) mass is 226 g/mol. The molecule has 0 spiro atoms. The predicted octanol–water partition coefficient (Wildman–Crippen LogP) is 2.88. The molecule has 2 heteroatoms. The Morgan fingerprint density at radius 1 is 1.38 bits per heavy atom. The first kappa shape index (κ1) is 14.0. The highest BCUT2D eigenvalue weighted by Gasteiger charge is 2.33. The third-order valence-corrected chi connectivity index (χ3v) is 4.09. The summed E-state index contributed by atoms with van der Waals surface area (Å²) < 4.78 is 0. The standard InChI is InChI=1S/C14H30N2/c1-7-8-13-10-16(11(2)9-15-13)12(3)14(4,5)6/h11-13,15H,7-10H2,1-6H3. The number of rotatable bonds is 3. The number of nitrogens with zero attached hydrogens (tertiary/aromatic N) is 1. The van der Waals surface area contributed by atoms with Crippen LogP contribution >= 0.6 is 0 Å². The third kappa shape index (κ3) is 3.46. The SMILES string of the molecule is CCCC1CN(C(C)C(C)(C)C)C(C)CN1. The molecule has 0 aliphatic carbocycles. The number of hydrogen-bond donors (Lipinski definition) is 1. The lowest BCUT2D eigenvalue weighted by atomic mass is 9.85. The summed E-state index contributed by atoms with van der Waals surface area (Å²) in [7, 11) is 0. The molecule has 0 amide bonds. The van der Waals surface area contributed by atoms with Crippen LogP contribution in [0.5, 0.6) is 0 Å². The summed E-state index contributed by atoms with van der Waals surface area (Å²) in [5, 5.41) is 3.66. The fourth-order valence-electron chi connectivity index (χ4n) is 2.53. The molecule has 1 rings (SSSR count). The fourth-order valence-corrected chi connectivity index (χ4v) is 2.53. The molecule has 0 saturated carbocycles. The van der Waals surface area contributed by atoms with Crippen LogP contribution in [0.15, 0.2) is 0 Å². The Morgan fingerprint density at radius 3 is 2.50 bits per heavy atom. The Kier molecular flexibility index (Phi) is 4.81. The van der Waals surface area contributed by atoms with E-state index in [1.165, 1.54) is 19.4 Å². The van der Waals surface area contributed by atoms with Gasteiger partial charge in [0.05, 0.1) is 0 Å². The Bertz CT molecular complexity index is 207. The van der Waals surface area contributed by atoms with Gasteiger partial charge in [-0.25, -0.2) is 0 Å². The molecule has 3 atom stereocenters. The van der Waals surface area contributed by atoms with Crippen LogP contribution in [0.4, 0.5) is 0 Å². The van der Waals surface area contributed by atoms with Gasteiger partial charge in [-0.2, -0.15) is 0 Å². The van der Waals surface area contributed by atoms with Gasteiger partial charge in [0.25, 0.3) is 0 Å². The topological polar surface area (TPSA) is 15.3 Å². The van der Waals surface area contributed by atoms with E-state index >= 15 is 0 Å². The molecular formula is C14H30N2. The zero-order valence-electron chi connectivity index (χ0n) is 12.0. The van der Waals surface area contributed by atoms with Crippen molar-refractivity contribution in [3.8, 4) is 0 Å². The Labute approximate surface area is 102 Å². The maximum atomic E-state index is 3.66.